The Morgan fingerprint density at radius 1 is 1.43 bits per heavy atom. The fourth-order valence-electron chi connectivity index (χ4n) is 0.935. The van der Waals surface area contributed by atoms with Gasteiger partial charge in [0.05, 0.1) is 0 Å². The van der Waals surface area contributed by atoms with Gasteiger partial charge in [-0.2, -0.15) is 18.3 Å². The maximum absolute atomic E-state index is 12.2. The summed E-state index contributed by atoms with van der Waals surface area (Å²) < 4.78 is 60.3. The van der Waals surface area contributed by atoms with Crippen molar-refractivity contribution < 1.29 is 22.0 Å². The lowest BCUT2D eigenvalue weighted by molar-refractivity contribution is -0.144. The Hall–Kier alpha value is -1.34. The Labute approximate surface area is 75.3 Å². The van der Waals surface area contributed by atoms with Gasteiger partial charge in [-0.15, -0.1) is 0 Å². The maximum atomic E-state index is 12.2. The largest absolute Gasteiger partial charge is 0.433 e. The average Bonchev–Trinajstić information content (AvgIpc) is 2.28. The highest BCUT2D eigenvalue weighted by Gasteiger charge is 2.36. The first-order valence-corrected chi connectivity index (χ1v) is 3.49. The third-order valence-electron chi connectivity index (χ3n) is 1.40. The summed E-state index contributed by atoms with van der Waals surface area (Å²) in [7, 11) is 0. The Kier molecular flexibility index (Phi) is 2.63. The first-order valence-electron chi connectivity index (χ1n) is 3.49. The smallest absolute Gasteiger partial charge is 0.382 e. The van der Waals surface area contributed by atoms with E-state index in [4.69, 9.17) is 5.73 Å². The van der Waals surface area contributed by atoms with Gasteiger partial charge in [-0.3, -0.25) is 4.68 Å². The van der Waals surface area contributed by atoms with E-state index in [0.29, 0.717) is 6.07 Å². The summed E-state index contributed by atoms with van der Waals surface area (Å²) in [5.41, 5.74) is 3.71. The highest BCUT2D eigenvalue weighted by molar-refractivity contribution is 5.30. The number of aromatic nitrogens is 2. The van der Waals surface area contributed by atoms with Crippen molar-refractivity contribution in [2.45, 2.75) is 19.1 Å². The van der Waals surface area contributed by atoms with E-state index in [2.05, 4.69) is 5.10 Å². The van der Waals surface area contributed by atoms with Crippen molar-refractivity contribution in [1.82, 2.24) is 9.78 Å². The van der Waals surface area contributed by atoms with Crippen LogP contribution in [0.5, 0.6) is 0 Å². The lowest BCUT2D eigenvalue weighted by Crippen LogP contribution is -2.17. The van der Waals surface area contributed by atoms with E-state index in [1.807, 2.05) is 0 Å². The van der Waals surface area contributed by atoms with Crippen LogP contribution < -0.4 is 5.73 Å². The van der Waals surface area contributed by atoms with Crippen molar-refractivity contribution >= 4 is 5.82 Å². The van der Waals surface area contributed by atoms with Gasteiger partial charge in [0.15, 0.2) is 0 Å². The van der Waals surface area contributed by atoms with Crippen LogP contribution in [0.25, 0.3) is 0 Å². The van der Waals surface area contributed by atoms with E-state index in [1.165, 1.54) is 0 Å². The molecule has 0 radical (unpaired) electrons. The summed E-state index contributed by atoms with van der Waals surface area (Å²) in [6.07, 6.45) is -7.63. The Balaban J connectivity index is 3.03. The van der Waals surface area contributed by atoms with E-state index < -0.39 is 30.7 Å². The van der Waals surface area contributed by atoms with Gasteiger partial charge in [-0.1, -0.05) is 0 Å². The molecule has 0 atom stereocenters. The van der Waals surface area contributed by atoms with Gasteiger partial charge in [0.2, 0.25) is 0 Å². The molecule has 0 saturated carbocycles. The number of halogens is 5. The van der Waals surface area contributed by atoms with E-state index in [0.717, 1.165) is 0 Å². The minimum Gasteiger partial charge on any atom is -0.382 e. The molecule has 0 saturated heterocycles. The van der Waals surface area contributed by atoms with Crippen LogP contribution in [-0.4, -0.2) is 16.2 Å². The molecule has 0 unspecified atom stereocenters. The summed E-state index contributed by atoms with van der Waals surface area (Å²) in [6.45, 7) is -1.12. The molecule has 1 aromatic rings. The second kappa shape index (κ2) is 3.43. The van der Waals surface area contributed by atoms with Crippen LogP contribution in [0.1, 0.15) is 5.69 Å². The third kappa shape index (κ3) is 2.33. The van der Waals surface area contributed by atoms with Gasteiger partial charge < -0.3 is 5.73 Å². The predicted octanol–water partition coefficient (Wildman–Crippen LogP) is 1.75. The maximum Gasteiger partial charge on any atom is 0.433 e. The lowest BCUT2D eigenvalue weighted by Gasteiger charge is -2.08. The summed E-state index contributed by atoms with van der Waals surface area (Å²) >= 11 is 0. The fraction of sp³-hybridized carbons (Fsp3) is 0.500. The van der Waals surface area contributed by atoms with E-state index in [-0.39, 0.29) is 4.68 Å². The van der Waals surface area contributed by atoms with E-state index >= 15 is 0 Å². The molecule has 1 heterocycles. The Morgan fingerprint density at radius 3 is 2.43 bits per heavy atom. The Morgan fingerprint density at radius 2 is 2.00 bits per heavy atom. The highest BCUT2D eigenvalue weighted by atomic mass is 19.4. The number of nitrogen functional groups attached to an aromatic ring is 1. The van der Waals surface area contributed by atoms with Crippen LogP contribution in [-0.2, 0) is 12.7 Å². The summed E-state index contributed by atoms with van der Waals surface area (Å²) in [5, 5.41) is 3.11. The molecule has 0 spiro atoms. The molecular formula is C6H6F5N3. The number of hydrogen-bond acceptors (Lipinski definition) is 2. The molecule has 0 fully saturated rings. The molecule has 0 aliphatic carbocycles. The zero-order valence-electron chi connectivity index (χ0n) is 6.72. The molecule has 0 amide bonds. The third-order valence-corrected chi connectivity index (χ3v) is 1.40. The summed E-state index contributed by atoms with van der Waals surface area (Å²) in [6, 6.07) is 0.516. The number of anilines is 1. The molecule has 8 heteroatoms. The second-order valence-electron chi connectivity index (χ2n) is 2.53. The monoisotopic (exact) mass is 215 g/mol. The van der Waals surface area contributed by atoms with E-state index in [9.17, 15) is 22.0 Å². The topological polar surface area (TPSA) is 43.8 Å². The minimum absolute atomic E-state index is 0.153. The molecular weight excluding hydrogens is 209 g/mol. The molecule has 0 bridgehead atoms. The molecule has 1 rings (SSSR count). The van der Waals surface area contributed by atoms with Crippen molar-refractivity contribution in [3.8, 4) is 0 Å². The molecule has 3 nitrogen and oxygen atoms in total. The van der Waals surface area contributed by atoms with Crippen molar-refractivity contribution in [3.63, 3.8) is 0 Å². The second-order valence-corrected chi connectivity index (χ2v) is 2.53. The summed E-state index contributed by atoms with van der Waals surface area (Å²) in [5.74, 6) is -0.432. The van der Waals surface area contributed by atoms with E-state index in [1.54, 1.807) is 0 Å². The summed E-state index contributed by atoms with van der Waals surface area (Å²) in [4.78, 5) is 0. The number of rotatable bonds is 2. The number of nitrogens with zero attached hydrogens (tertiary/aromatic N) is 2. The number of nitrogens with two attached hydrogens (primary N) is 1. The van der Waals surface area contributed by atoms with Crippen LogP contribution in [0.3, 0.4) is 0 Å². The van der Waals surface area contributed by atoms with Crippen LogP contribution in [0.4, 0.5) is 27.8 Å². The molecule has 80 valence electrons. The SMILES string of the molecule is Nc1cc(C(F)(F)F)n(CC(F)F)n1. The Bertz CT molecular complexity index is 316. The molecule has 0 aliphatic heterocycles. The zero-order valence-corrected chi connectivity index (χ0v) is 6.72. The lowest BCUT2D eigenvalue weighted by atomic mass is 10.4. The molecule has 0 aromatic carbocycles. The number of hydrogen-bond donors (Lipinski definition) is 1. The van der Waals surface area contributed by atoms with Crippen molar-refractivity contribution in [1.29, 1.82) is 0 Å². The van der Waals surface area contributed by atoms with Gasteiger partial charge in [0.1, 0.15) is 18.1 Å². The number of alkyl halides is 5. The average molecular weight is 215 g/mol. The quantitative estimate of drug-likeness (QED) is 0.763. The highest BCUT2D eigenvalue weighted by Crippen LogP contribution is 2.30. The predicted molar refractivity (Wildman–Crippen MR) is 37.6 cm³/mol. The van der Waals surface area contributed by atoms with Crippen molar-refractivity contribution in [2.75, 3.05) is 5.73 Å². The van der Waals surface area contributed by atoms with Crippen molar-refractivity contribution in [2.24, 2.45) is 0 Å². The standard InChI is InChI=1S/C6H6F5N3/c7-4(8)2-14-3(6(9,10)11)1-5(12)13-14/h1,4H,2H2,(H2,12,13). The van der Waals surface area contributed by atoms with Crippen LogP contribution in [0, 0.1) is 0 Å². The van der Waals surface area contributed by atoms with Gasteiger partial charge in [0.25, 0.3) is 6.43 Å². The van der Waals surface area contributed by atoms with Crippen LogP contribution in [0.15, 0.2) is 6.07 Å². The molecule has 1 aromatic heterocycles. The van der Waals surface area contributed by atoms with Gasteiger partial charge in [-0.25, -0.2) is 8.78 Å². The molecule has 0 aliphatic rings. The van der Waals surface area contributed by atoms with Gasteiger partial charge >= 0.3 is 6.18 Å². The zero-order chi connectivity index (χ0) is 10.9. The van der Waals surface area contributed by atoms with Gasteiger partial charge in [-0.05, 0) is 0 Å². The normalized spacial score (nSPS) is 12.4. The van der Waals surface area contributed by atoms with Crippen molar-refractivity contribution in [3.05, 3.63) is 11.8 Å². The first-order chi connectivity index (χ1) is 6.30. The first kappa shape index (κ1) is 10.7. The minimum atomic E-state index is -4.72. The molecule has 14 heavy (non-hydrogen) atoms. The van der Waals surface area contributed by atoms with Crippen LogP contribution >= 0.6 is 0 Å². The molecule has 2 N–H and O–H groups in total. The van der Waals surface area contributed by atoms with Gasteiger partial charge in [0, 0.05) is 6.07 Å². The fourth-order valence-corrected chi connectivity index (χ4v) is 0.935. The van der Waals surface area contributed by atoms with Crippen LogP contribution in [0.2, 0.25) is 0 Å².